The second kappa shape index (κ2) is 9.04. The lowest BCUT2D eigenvalue weighted by Gasteiger charge is -2.24. The number of ether oxygens (including phenoxy) is 4. The fourth-order valence-corrected chi connectivity index (χ4v) is 3.40. The molecule has 0 saturated carbocycles. The lowest BCUT2D eigenvalue weighted by molar-refractivity contribution is -0.128. The normalized spacial score (nSPS) is 11.0. The Morgan fingerprint density at radius 3 is 2.20 bits per heavy atom. The number of methoxy groups -OCH3 is 3. The van der Waals surface area contributed by atoms with Crippen molar-refractivity contribution < 1.29 is 23.7 Å². The van der Waals surface area contributed by atoms with Gasteiger partial charge in [-0.05, 0) is 50.2 Å². The summed E-state index contributed by atoms with van der Waals surface area (Å²) < 4.78 is 21.7. The second-order valence-corrected chi connectivity index (χ2v) is 7.70. The third-order valence-corrected chi connectivity index (χ3v) is 5.15. The molecule has 0 aliphatic carbocycles. The van der Waals surface area contributed by atoms with E-state index < -0.39 is 5.60 Å². The number of anilines is 1. The summed E-state index contributed by atoms with van der Waals surface area (Å²) in [5.74, 6) is 2.31. The van der Waals surface area contributed by atoms with E-state index in [0.29, 0.717) is 33.8 Å². The van der Waals surface area contributed by atoms with E-state index in [1.807, 2.05) is 17.5 Å². The first kappa shape index (κ1) is 21.4. The largest absolute Gasteiger partial charge is 0.497 e. The maximum Gasteiger partial charge on any atom is 0.269 e. The summed E-state index contributed by atoms with van der Waals surface area (Å²) in [6.07, 6.45) is 0. The molecule has 3 aromatic rings. The molecule has 30 heavy (non-hydrogen) atoms. The van der Waals surface area contributed by atoms with Crippen LogP contribution in [0.5, 0.6) is 23.0 Å². The zero-order valence-electron chi connectivity index (χ0n) is 17.5. The highest BCUT2D eigenvalue weighted by atomic mass is 32.1. The maximum atomic E-state index is 12.8. The molecular weight excluding hydrogens is 404 g/mol. The van der Waals surface area contributed by atoms with Crippen molar-refractivity contribution in [1.82, 2.24) is 4.98 Å². The van der Waals surface area contributed by atoms with Gasteiger partial charge in [-0.15, -0.1) is 11.3 Å². The van der Waals surface area contributed by atoms with Crippen molar-refractivity contribution in [3.05, 3.63) is 47.8 Å². The summed E-state index contributed by atoms with van der Waals surface area (Å²) in [6, 6.07) is 12.6. The molecule has 0 bridgehead atoms. The van der Waals surface area contributed by atoms with Crippen LogP contribution in [0.25, 0.3) is 11.3 Å². The third-order valence-electron chi connectivity index (χ3n) is 4.39. The molecule has 0 spiro atoms. The highest BCUT2D eigenvalue weighted by Gasteiger charge is 2.31. The van der Waals surface area contributed by atoms with Gasteiger partial charge in [-0.1, -0.05) is 0 Å². The molecule has 0 radical (unpaired) electrons. The number of benzene rings is 2. The summed E-state index contributed by atoms with van der Waals surface area (Å²) in [5, 5.41) is 5.16. The smallest absolute Gasteiger partial charge is 0.269 e. The molecule has 1 aromatic heterocycles. The summed E-state index contributed by atoms with van der Waals surface area (Å²) in [6.45, 7) is 3.40. The van der Waals surface area contributed by atoms with Gasteiger partial charge in [-0.25, -0.2) is 4.98 Å². The average Bonchev–Trinajstić information content (AvgIpc) is 3.21. The van der Waals surface area contributed by atoms with Crippen LogP contribution >= 0.6 is 11.3 Å². The van der Waals surface area contributed by atoms with Gasteiger partial charge in [0.1, 0.15) is 23.0 Å². The van der Waals surface area contributed by atoms with Gasteiger partial charge in [0.2, 0.25) is 0 Å². The molecule has 1 N–H and O–H groups in total. The zero-order valence-corrected chi connectivity index (χ0v) is 18.3. The minimum Gasteiger partial charge on any atom is -0.497 e. The lowest BCUT2D eigenvalue weighted by Crippen LogP contribution is -2.42. The molecule has 158 valence electrons. The number of aromatic nitrogens is 1. The Morgan fingerprint density at radius 1 is 0.933 bits per heavy atom. The van der Waals surface area contributed by atoms with Crippen molar-refractivity contribution in [2.75, 3.05) is 26.6 Å². The lowest BCUT2D eigenvalue weighted by atomic mass is 10.1. The van der Waals surface area contributed by atoms with Gasteiger partial charge >= 0.3 is 0 Å². The minimum absolute atomic E-state index is 0.305. The first-order valence-corrected chi connectivity index (χ1v) is 10.1. The summed E-state index contributed by atoms with van der Waals surface area (Å²) >= 11 is 1.33. The fourth-order valence-electron chi connectivity index (χ4n) is 2.70. The van der Waals surface area contributed by atoms with Gasteiger partial charge in [0, 0.05) is 17.0 Å². The number of nitrogens with one attached hydrogen (secondary N) is 1. The summed E-state index contributed by atoms with van der Waals surface area (Å²) in [5.41, 5.74) is 0.408. The molecule has 1 amide bonds. The van der Waals surface area contributed by atoms with Crippen molar-refractivity contribution in [2.45, 2.75) is 19.4 Å². The highest BCUT2D eigenvalue weighted by molar-refractivity contribution is 7.14. The van der Waals surface area contributed by atoms with E-state index in [9.17, 15) is 4.79 Å². The number of nitrogens with zero attached hydrogens (tertiary/aromatic N) is 1. The van der Waals surface area contributed by atoms with E-state index in [2.05, 4.69) is 10.3 Å². The van der Waals surface area contributed by atoms with Crippen molar-refractivity contribution in [3.8, 4) is 34.3 Å². The molecule has 0 unspecified atom stereocenters. The minimum atomic E-state index is -1.10. The molecule has 0 fully saturated rings. The molecule has 0 saturated heterocycles. The standard InChI is InChI=1S/C22H24N2O5S/c1-22(2,29-15-8-6-14(26-3)7-9-15)20(25)24-21-23-18(13-30-21)17-11-10-16(27-4)12-19(17)28-5/h6-13H,1-5H3,(H,23,24,25). The number of hydrogen-bond acceptors (Lipinski definition) is 7. The van der Waals surface area contributed by atoms with E-state index in [1.54, 1.807) is 65.5 Å². The number of carbonyl (C=O) groups is 1. The van der Waals surface area contributed by atoms with Crippen LogP contribution in [-0.4, -0.2) is 37.8 Å². The molecule has 1 heterocycles. The highest BCUT2D eigenvalue weighted by Crippen LogP contribution is 2.35. The van der Waals surface area contributed by atoms with E-state index >= 15 is 0 Å². The first-order chi connectivity index (χ1) is 14.4. The van der Waals surface area contributed by atoms with Gasteiger partial charge in [-0.2, -0.15) is 0 Å². The first-order valence-electron chi connectivity index (χ1n) is 9.18. The molecule has 8 heteroatoms. The topological polar surface area (TPSA) is 78.9 Å². The van der Waals surface area contributed by atoms with Crippen molar-refractivity contribution >= 4 is 22.4 Å². The zero-order chi connectivity index (χ0) is 21.7. The van der Waals surface area contributed by atoms with Crippen LogP contribution in [0.3, 0.4) is 0 Å². The van der Waals surface area contributed by atoms with Crippen LogP contribution in [0.1, 0.15) is 13.8 Å². The van der Waals surface area contributed by atoms with Crippen molar-refractivity contribution in [2.24, 2.45) is 0 Å². The van der Waals surface area contributed by atoms with Crippen LogP contribution in [0, 0.1) is 0 Å². The Hall–Kier alpha value is -3.26. The Balaban J connectivity index is 1.72. The van der Waals surface area contributed by atoms with Gasteiger partial charge in [0.25, 0.3) is 5.91 Å². The molecule has 0 aliphatic heterocycles. The van der Waals surface area contributed by atoms with Gasteiger partial charge < -0.3 is 18.9 Å². The number of amides is 1. The van der Waals surface area contributed by atoms with Crippen LogP contribution < -0.4 is 24.3 Å². The van der Waals surface area contributed by atoms with Crippen LogP contribution in [0.2, 0.25) is 0 Å². The van der Waals surface area contributed by atoms with Crippen molar-refractivity contribution in [3.63, 3.8) is 0 Å². The van der Waals surface area contributed by atoms with Crippen LogP contribution in [0.15, 0.2) is 47.8 Å². The van der Waals surface area contributed by atoms with Crippen LogP contribution in [-0.2, 0) is 4.79 Å². The predicted octanol–water partition coefficient (Wildman–Crippen LogP) is 4.63. The molecule has 2 aromatic carbocycles. The molecule has 7 nitrogen and oxygen atoms in total. The van der Waals surface area contributed by atoms with E-state index in [0.717, 1.165) is 5.56 Å². The maximum absolute atomic E-state index is 12.8. The van der Waals surface area contributed by atoms with Gasteiger partial charge in [0.05, 0.1) is 27.0 Å². The number of carbonyl (C=O) groups excluding carboxylic acids is 1. The number of thiazole rings is 1. The monoisotopic (exact) mass is 428 g/mol. The SMILES string of the molecule is COc1ccc(OC(C)(C)C(=O)Nc2nc(-c3ccc(OC)cc3OC)cs2)cc1. The Labute approximate surface area is 179 Å². The second-order valence-electron chi connectivity index (χ2n) is 6.85. The van der Waals surface area contributed by atoms with Crippen LogP contribution in [0.4, 0.5) is 5.13 Å². The van der Waals surface area contributed by atoms with E-state index in [4.69, 9.17) is 18.9 Å². The number of rotatable bonds is 8. The molecular formula is C22H24N2O5S. The summed E-state index contributed by atoms with van der Waals surface area (Å²) in [7, 11) is 4.78. The van der Waals surface area contributed by atoms with E-state index in [1.165, 1.54) is 11.3 Å². The fraction of sp³-hybridized carbons (Fsp3) is 0.273. The predicted molar refractivity (Wildman–Crippen MR) is 117 cm³/mol. The number of hydrogen-bond donors (Lipinski definition) is 1. The Bertz CT molecular complexity index is 1010. The van der Waals surface area contributed by atoms with Gasteiger partial charge in [0.15, 0.2) is 10.7 Å². The van der Waals surface area contributed by atoms with Gasteiger partial charge in [-0.3, -0.25) is 10.1 Å². The third kappa shape index (κ3) is 4.83. The Kier molecular flexibility index (Phi) is 6.47. The molecule has 3 rings (SSSR count). The van der Waals surface area contributed by atoms with E-state index in [-0.39, 0.29) is 5.91 Å². The molecule has 0 atom stereocenters. The Morgan fingerprint density at radius 2 is 1.57 bits per heavy atom. The van der Waals surface area contributed by atoms with Crippen molar-refractivity contribution in [1.29, 1.82) is 0 Å². The summed E-state index contributed by atoms with van der Waals surface area (Å²) in [4.78, 5) is 17.3. The average molecular weight is 429 g/mol. The molecule has 0 aliphatic rings. The quantitative estimate of drug-likeness (QED) is 0.563.